The zero-order valence-electron chi connectivity index (χ0n) is 10.7. The van der Waals surface area contributed by atoms with Gasteiger partial charge >= 0.3 is 0 Å². The summed E-state index contributed by atoms with van der Waals surface area (Å²) in [5.74, 6) is 0.314. The smallest absolute Gasteiger partial charge is 0.120 e. The summed E-state index contributed by atoms with van der Waals surface area (Å²) in [5.41, 5.74) is 7.58. The van der Waals surface area contributed by atoms with Gasteiger partial charge in [-0.25, -0.2) is 0 Å². The maximum absolute atomic E-state index is 9.89. The Morgan fingerprint density at radius 2 is 1.94 bits per heavy atom. The molecule has 0 unspecified atom stereocenters. The van der Waals surface area contributed by atoms with Crippen molar-refractivity contribution in [3.05, 3.63) is 29.3 Å². The highest BCUT2D eigenvalue weighted by molar-refractivity contribution is 5.37. The standard InChI is InChI=1S/C14H22N2O2/c15-13(10-17)11-4-5-14(18)12(8-11)9-16-6-2-1-3-7-16/h4-5,8,13,17-18H,1-3,6-7,9-10,15H2/t13-/m1/s1. The fraction of sp³-hybridized carbons (Fsp3) is 0.571. The van der Waals surface area contributed by atoms with E-state index in [0.717, 1.165) is 30.8 Å². The molecule has 0 saturated carbocycles. The molecule has 2 rings (SSSR count). The van der Waals surface area contributed by atoms with Crippen LogP contribution >= 0.6 is 0 Å². The second kappa shape index (κ2) is 6.18. The van der Waals surface area contributed by atoms with Gasteiger partial charge in [0.25, 0.3) is 0 Å². The average molecular weight is 250 g/mol. The van der Waals surface area contributed by atoms with Crippen molar-refractivity contribution in [2.24, 2.45) is 5.73 Å². The topological polar surface area (TPSA) is 69.7 Å². The average Bonchev–Trinajstić information content (AvgIpc) is 2.41. The minimum Gasteiger partial charge on any atom is -0.508 e. The third-order valence-electron chi connectivity index (χ3n) is 3.57. The number of aliphatic hydroxyl groups excluding tert-OH is 1. The van der Waals surface area contributed by atoms with Crippen molar-refractivity contribution in [2.75, 3.05) is 19.7 Å². The van der Waals surface area contributed by atoms with Crippen LogP contribution in [-0.4, -0.2) is 34.8 Å². The molecular weight excluding hydrogens is 228 g/mol. The van der Waals surface area contributed by atoms with Crippen LogP contribution < -0.4 is 5.73 Å². The molecule has 4 N–H and O–H groups in total. The number of likely N-dealkylation sites (tertiary alicyclic amines) is 1. The van der Waals surface area contributed by atoms with E-state index in [1.165, 1.54) is 19.3 Å². The molecule has 4 nitrogen and oxygen atoms in total. The van der Waals surface area contributed by atoms with Gasteiger partial charge in [0.1, 0.15) is 5.75 Å². The highest BCUT2D eigenvalue weighted by Crippen LogP contribution is 2.24. The lowest BCUT2D eigenvalue weighted by Crippen LogP contribution is -2.29. The molecule has 1 aliphatic rings. The Balaban J connectivity index is 2.10. The van der Waals surface area contributed by atoms with Gasteiger partial charge in [-0.3, -0.25) is 4.90 Å². The summed E-state index contributed by atoms with van der Waals surface area (Å²) in [5, 5.41) is 19.0. The number of rotatable bonds is 4. The molecule has 4 heteroatoms. The summed E-state index contributed by atoms with van der Waals surface area (Å²) < 4.78 is 0. The molecule has 1 heterocycles. The molecule has 0 aliphatic carbocycles. The molecule has 0 bridgehead atoms. The van der Waals surface area contributed by atoms with E-state index in [1.54, 1.807) is 12.1 Å². The lowest BCUT2D eigenvalue weighted by molar-refractivity contribution is 0.218. The Morgan fingerprint density at radius 3 is 2.61 bits per heavy atom. The third-order valence-corrected chi connectivity index (χ3v) is 3.57. The normalized spacial score (nSPS) is 18.8. The van der Waals surface area contributed by atoms with Crippen molar-refractivity contribution in [2.45, 2.75) is 31.8 Å². The van der Waals surface area contributed by atoms with Crippen LogP contribution in [0.2, 0.25) is 0 Å². The second-order valence-electron chi connectivity index (χ2n) is 5.01. The number of aromatic hydroxyl groups is 1. The molecule has 1 fully saturated rings. The monoisotopic (exact) mass is 250 g/mol. The number of piperidine rings is 1. The molecular formula is C14H22N2O2. The first-order valence-electron chi connectivity index (χ1n) is 6.61. The Labute approximate surface area is 108 Å². The van der Waals surface area contributed by atoms with Crippen LogP contribution in [0.15, 0.2) is 18.2 Å². The van der Waals surface area contributed by atoms with E-state index in [0.29, 0.717) is 5.75 Å². The van der Waals surface area contributed by atoms with Crippen LogP contribution in [-0.2, 0) is 6.54 Å². The largest absolute Gasteiger partial charge is 0.508 e. The minimum absolute atomic E-state index is 0.0755. The van der Waals surface area contributed by atoms with Crippen molar-refractivity contribution in [1.82, 2.24) is 4.90 Å². The molecule has 100 valence electrons. The maximum Gasteiger partial charge on any atom is 0.120 e. The van der Waals surface area contributed by atoms with Crippen LogP contribution in [0.25, 0.3) is 0 Å². The van der Waals surface area contributed by atoms with Crippen LogP contribution in [0.3, 0.4) is 0 Å². The first kappa shape index (κ1) is 13.3. The maximum atomic E-state index is 9.89. The first-order chi connectivity index (χ1) is 8.70. The summed E-state index contributed by atoms with van der Waals surface area (Å²) in [6, 6.07) is 4.98. The quantitative estimate of drug-likeness (QED) is 0.755. The molecule has 1 atom stereocenters. The van der Waals surface area contributed by atoms with E-state index in [2.05, 4.69) is 4.90 Å². The lowest BCUT2D eigenvalue weighted by atomic mass is 10.0. The first-order valence-corrected chi connectivity index (χ1v) is 6.61. The van der Waals surface area contributed by atoms with E-state index in [1.807, 2.05) is 6.07 Å². The highest BCUT2D eigenvalue weighted by Gasteiger charge is 2.14. The van der Waals surface area contributed by atoms with Gasteiger partial charge in [-0.05, 0) is 43.6 Å². The van der Waals surface area contributed by atoms with Crippen molar-refractivity contribution in [1.29, 1.82) is 0 Å². The number of benzene rings is 1. The molecule has 1 saturated heterocycles. The van der Waals surface area contributed by atoms with Crippen LogP contribution in [0, 0.1) is 0 Å². The zero-order chi connectivity index (χ0) is 13.0. The Hall–Kier alpha value is -1.10. The molecule has 1 aromatic carbocycles. The lowest BCUT2D eigenvalue weighted by Gasteiger charge is -2.27. The van der Waals surface area contributed by atoms with Gasteiger partial charge in [0.2, 0.25) is 0 Å². The number of hydrogen-bond acceptors (Lipinski definition) is 4. The van der Waals surface area contributed by atoms with Gasteiger partial charge in [0.15, 0.2) is 0 Å². The number of nitrogens with zero attached hydrogens (tertiary/aromatic N) is 1. The predicted molar refractivity (Wildman–Crippen MR) is 71.2 cm³/mol. The number of phenolic OH excluding ortho intramolecular Hbond substituents is 1. The van der Waals surface area contributed by atoms with Crippen molar-refractivity contribution >= 4 is 0 Å². The predicted octanol–water partition coefficient (Wildman–Crippen LogP) is 1.37. The van der Waals surface area contributed by atoms with Crippen LogP contribution in [0.4, 0.5) is 0 Å². The van der Waals surface area contributed by atoms with Gasteiger partial charge in [0, 0.05) is 12.1 Å². The Morgan fingerprint density at radius 1 is 1.22 bits per heavy atom. The number of nitrogens with two attached hydrogens (primary N) is 1. The van der Waals surface area contributed by atoms with E-state index < -0.39 is 0 Å². The number of aliphatic hydroxyl groups is 1. The van der Waals surface area contributed by atoms with Crippen LogP contribution in [0.1, 0.15) is 36.4 Å². The van der Waals surface area contributed by atoms with Gasteiger partial charge < -0.3 is 15.9 Å². The van der Waals surface area contributed by atoms with Gasteiger partial charge in [-0.15, -0.1) is 0 Å². The summed E-state index contributed by atoms with van der Waals surface area (Å²) in [6.45, 7) is 2.87. The van der Waals surface area contributed by atoms with Gasteiger partial charge in [-0.1, -0.05) is 12.5 Å². The summed E-state index contributed by atoms with van der Waals surface area (Å²) in [4.78, 5) is 2.35. The summed E-state index contributed by atoms with van der Waals surface area (Å²) in [6.07, 6.45) is 3.77. The highest BCUT2D eigenvalue weighted by atomic mass is 16.3. The molecule has 0 radical (unpaired) electrons. The van der Waals surface area contributed by atoms with E-state index >= 15 is 0 Å². The number of hydrogen-bond donors (Lipinski definition) is 3. The third kappa shape index (κ3) is 3.22. The molecule has 1 aromatic rings. The van der Waals surface area contributed by atoms with Gasteiger partial charge in [0.05, 0.1) is 12.6 Å². The fourth-order valence-electron chi connectivity index (χ4n) is 2.43. The fourth-order valence-corrected chi connectivity index (χ4v) is 2.43. The molecule has 0 spiro atoms. The minimum atomic E-state index is -0.370. The Bertz CT molecular complexity index is 389. The van der Waals surface area contributed by atoms with Crippen molar-refractivity contribution in [3.8, 4) is 5.75 Å². The molecule has 0 amide bonds. The summed E-state index contributed by atoms with van der Waals surface area (Å²) in [7, 11) is 0. The summed E-state index contributed by atoms with van der Waals surface area (Å²) >= 11 is 0. The van der Waals surface area contributed by atoms with E-state index in [-0.39, 0.29) is 12.6 Å². The number of phenols is 1. The Kier molecular flexibility index (Phi) is 4.58. The molecule has 0 aromatic heterocycles. The van der Waals surface area contributed by atoms with Crippen LogP contribution in [0.5, 0.6) is 5.75 Å². The SMILES string of the molecule is N[C@H](CO)c1ccc(O)c(CN2CCCCC2)c1. The molecule has 18 heavy (non-hydrogen) atoms. The van der Waals surface area contributed by atoms with Crippen molar-refractivity contribution in [3.63, 3.8) is 0 Å². The molecule has 1 aliphatic heterocycles. The van der Waals surface area contributed by atoms with E-state index in [4.69, 9.17) is 10.8 Å². The second-order valence-corrected chi connectivity index (χ2v) is 5.01. The van der Waals surface area contributed by atoms with E-state index in [9.17, 15) is 5.11 Å². The zero-order valence-corrected chi connectivity index (χ0v) is 10.7. The van der Waals surface area contributed by atoms with Crippen molar-refractivity contribution < 1.29 is 10.2 Å². The van der Waals surface area contributed by atoms with Gasteiger partial charge in [-0.2, -0.15) is 0 Å².